The molecule has 5 nitrogen and oxygen atoms in total. The number of benzene rings is 2. The van der Waals surface area contributed by atoms with Crippen LogP contribution in [0, 0.1) is 0 Å². The van der Waals surface area contributed by atoms with Crippen LogP contribution >= 0.6 is 15.9 Å². The molecule has 2 aromatic rings. The summed E-state index contributed by atoms with van der Waals surface area (Å²) in [6.45, 7) is 4.77. The number of hydrogen-bond acceptors (Lipinski definition) is 4. The van der Waals surface area contributed by atoms with E-state index >= 15 is 0 Å². The Hall–Kier alpha value is -2.70. The summed E-state index contributed by atoms with van der Waals surface area (Å²) in [5.74, 6) is -1.40. The lowest BCUT2D eigenvalue weighted by atomic mass is 9.95. The molecule has 3 rings (SSSR count). The number of allylic oxidation sites excluding steroid dienone is 1. The highest BCUT2D eigenvalue weighted by Gasteiger charge is 2.42. The fraction of sp³-hybridized carbons (Fsp3) is 0.280. The zero-order valence-corrected chi connectivity index (χ0v) is 19.2. The molecule has 31 heavy (non-hydrogen) atoms. The van der Waals surface area contributed by atoms with Crippen molar-refractivity contribution in [1.82, 2.24) is 4.90 Å². The summed E-state index contributed by atoms with van der Waals surface area (Å²) in [5, 5.41) is 10.6. The molecule has 0 radical (unpaired) electrons. The molecular formula is C25H26BrNO4. The molecule has 0 saturated carbocycles. The number of nitrogens with zero attached hydrogens (tertiary/aromatic N) is 1. The van der Waals surface area contributed by atoms with Gasteiger partial charge in [-0.05, 0) is 49.6 Å². The molecule has 1 aliphatic heterocycles. The molecule has 162 valence electrons. The SMILES string of the molecule is CC(C)OCCCN1C(=O)C(O)=C(C(=O)/C=C/c2ccccc2)[C@@H]1c1ccc(Br)cc1. The van der Waals surface area contributed by atoms with Crippen LogP contribution in [0.1, 0.15) is 37.4 Å². The Balaban J connectivity index is 1.89. The molecule has 1 N–H and O–H groups in total. The summed E-state index contributed by atoms with van der Waals surface area (Å²) in [5.41, 5.74) is 1.73. The normalized spacial score (nSPS) is 16.7. The topological polar surface area (TPSA) is 66.8 Å². The third-order valence-corrected chi connectivity index (χ3v) is 5.50. The number of aliphatic hydroxyl groups is 1. The summed E-state index contributed by atoms with van der Waals surface area (Å²) in [4.78, 5) is 27.5. The Bertz CT molecular complexity index is 980. The lowest BCUT2D eigenvalue weighted by molar-refractivity contribution is -0.129. The van der Waals surface area contributed by atoms with Crippen LogP contribution in [0.25, 0.3) is 6.08 Å². The van der Waals surface area contributed by atoms with E-state index in [1.54, 1.807) is 11.0 Å². The molecule has 1 atom stereocenters. The maximum Gasteiger partial charge on any atom is 0.290 e. The van der Waals surface area contributed by atoms with Gasteiger partial charge in [0.05, 0.1) is 17.7 Å². The van der Waals surface area contributed by atoms with E-state index < -0.39 is 17.7 Å². The van der Waals surface area contributed by atoms with Crippen LogP contribution in [-0.4, -0.2) is 41.0 Å². The minimum absolute atomic E-state index is 0.100. The van der Waals surface area contributed by atoms with E-state index in [4.69, 9.17) is 4.74 Å². The van der Waals surface area contributed by atoms with Gasteiger partial charge in [0.1, 0.15) is 0 Å². The summed E-state index contributed by atoms with van der Waals surface area (Å²) < 4.78 is 6.48. The van der Waals surface area contributed by atoms with Crippen molar-refractivity contribution in [1.29, 1.82) is 0 Å². The first kappa shape index (κ1) is 23.0. The van der Waals surface area contributed by atoms with Gasteiger partial charge in [-0.3, -0.25) is 9.59 Å². The number of hydrogen-bond donors (Lipinski definition) is 1. The second-order valence-electron chi connectivity index (χ2n) is 7.60. The van der Waals surface area contributed by atoms with E-state index in [0.29, 0.717) is 19.6 Å². The lowest BCUT2D eigenvalue weighted by Crippen LogP contribution is -2.32. The Morgan fingerprint density at radius 1 is 1.16 bits per heavy atom. The Kier molecular flexibility index (Phi) is 7.82. The molecular weight excluding hydrogens is 458 g/mol. The molecule has 0 bridgehead atoms. The number of ketones is 1. The van der Waals surface area contributed by atoms with E-state index in [0.717, 1.165) is 15.6 Å². The van der Waals surface area contributed by atoms with Crippen molar-refractivity contribution >= 4 is 33.7 Å². The monoisotopic (exact) mass is 483 g/mol. The minimum Gasteiger partial charge on any atom is -0.503 e. The van der Waals surface area contributed by atoms with Crippen LogP contribution in [0.5, 0.6) is 0 Å². The second-order valence-corrected chi connectivity index (χ2v) is 8.51. The molecule has 0 spiro atoms. The summed E-state index contributed by atoms with van der Waals surface area (Å²) in [6.07, 6.45) is 3.80. The minimum atomic E-state index is -0.646. The Morgan fingerprint density at radius 3 is 2.48 bits per heavy atom. The van der Waals surface area contributed by atoms with Gasteiger partial charge in [0, 0.05) is 17.6 Å². The fourth-order valence-corrected chi connectivity index (χ4v) is 3.77. The molecule has 0 aliphatic carbocycles. The Morgan fingerprint density at radius 2 is 1.84 bits per heavy atom. The summed E-state index contributed by atoms with van der Waals surface area (Å²) in [7, 11) is 0. The number of aliphatic hydroxyl groups excluding tert-OH is 1. The molecule has 1 heterocycles. The average molecular weight is 484 g/mol. The number of rotatable bonds is 9. The van der Waals surface area contributed by atoms with Crippen molar-refractivity contribution in [2.24, 2.45) is 0 Å². The third kappa shape index (κ3) is 5.71. The smallest absolute Gasteiger partial charge is 0.290 e. The molecule has 2 aromatic carbocycles. The molecule has 1 amide bonds. The van der Waals surface area contributed by atoms with Crippen molar-refractivity contribution in [3.8, 4) is 0 Å². The molecule has 0 unspecified atom stereocenters. The van der Waals surface area contributed by atoms with Crippen LogP contribution in [0.2, 0.25) is 0 Å². The van der Waals surface area contributed by atoms with E-state index in [1.165, 1.54) is 6.08 Å². The van der Waals surface area contributed by atoms with E-state index in [2.05, 4.69) is 15.9 Å². The van der Waals surface area contributed by atoms with Gasteiger partial charge in [-0.2, -0.15) is 0 Å². The van der Waals surface area contributed by atoms with Gasteiger partial charge >= 0.3 is 0 Å². The number of carbonyl (C=O) groups is 2. The third-order valence-electron chi connectivity index (χ3n) is 4.98. The molecule has 6 heteroatoms. The van der Waals surface area contributed by atoms with Crippen molar-refractivity contribution in [2.75, 3.05) is 13.2 Å². The summed E-state index contributed by atoms with van der Waals surface area (Å²) in [6, 6.07) is 16.2. The Labute approximate surface area is 191 Å². The van der Waals surface area contributed by atoms with Crippen LogP contribution in [0.15, 0.2) is 76.5 Å². The molecule has 0 saturated heterocycles. The first-order chi connectivity index (χ1) is 14.9. The number of halogens is 1. The largest absolute Gasteiger partial charge is 0.503 e. The van der Waals surface area contributed by atoms with Crippen molar-refractivity contribution in [3.63, 3.8) is 0 Å². The van der Waals surface area contributed by atoms with Crippen molar-refractivity contribution in [3.05, 3.63) is 87.6 Å². The molecule has 1 aliphatic rings. The van der Waals surface area contributed by atoms with Gasteiger partial charge in [0.25, 0.3) is 5.91 Å². The van der Waals surface area contributed by atoms with Crippen molar-refractivity contribution < 1.29 is 19.4 Å². The number of ether oxygens (including phenoxy) is 1. The van der Waals surface area contributed by atoms with Crippen molar-refractivity contribution in [2.45, 2.75) is 32.4 Å². The van der Waals surface area contributed by atoms with Gasteiger partial charge in [0.2, 0.25) is 0 Å². The van der Waals surface area contributed by atoms with Crippen LogP contribution in [-0.2, 0) is 14.3 Å². The second kappa shape index (κ2) is 10.6. The number of amides is 1. The zero-order chi connectivity index (χ0) is 22.4. The standard InChI is InChI=1S/C25H26BrNO4/c1-17(2)31-16-6-15-27-23(19-10-12-20(26)13-11-19)22(24(29)25(27)30)21(28)14-9-18-7-4-3-5-8-18/h3-5,7-14,17,23,29H,6,15-16H2,1-2H3/b14-9+/t23-/m0/s1. The summed E-state index contributed by atoms with van der Waals surface area (Å²) >= 11 is 3.42. The maximum atomic E-state index is 13.1. The highest BCUT2D eigenvalue weighted by Crippen LogP contribution is 2.38. The van der Waals surface area contributed by atoms with E-state index in [-0.39, 0.29) is 17.5 Å². The highest BCUT2D eigenvalue weighted by molar-refractivity contribution is 9.10. The molecule has 0 fully saturated rings. The maximum absolute atomic E-state index is 13.1. The van der Waals surface area contributed by atoms with Gasteiger partial charge in [-0.1, -0.05) is 64.5 Å². The van der Waals surface area contributed by atoms with Gasteiger partial charge in [0.15, 0.2) is 11.5 Å². The lowest BCUT2D eigenvalue weighted by Gasteiger charge is -2.26. The zero-order valence-electron chi connectivity index (χ0n) is 17.6. The van der Waals surface area contributed by atoms with E-state index in [9.17, 15) is 14.7 Å². The first-order valence-electron chi connectivity index (χ1n) is 10.3. The molecule has 0 aromatic heterocycles. The average Bonchev–Trinajstić information content (AvgIpc) is 3.01. The van der Waals surface area contributed by atoms with Crippen LogP contribution in [0.3, 0.4) is 0 Å². The number of carbonyl (C=O) groups excluding carboxylic acids is 2. The van der Waals surface area contributed by atoms with E-state index in [1.807, 2.05) is 68.4 Å². The fourth-order valence-electron chi connectivity index (χ4n) is 3.51. The van der Waals surface area contributed by atoms with Crippen LogP contribution in [0.4, 0.5) is 0 Å². The van der Waals surface area contributed by atoms with Crippen LogP contribution < -0.4 is 0 Å². The highest BCUT2D eigenvalue weighted by atomic mass is 79.9. The van der Waals surface area contributed by atoms with Gasteiger partial charge in [-0.15, -0.1) is 0 Å². The predicted octanol–water partition coefficient (Wildman–Crippen LogP) is 5.24. The first-order valence-corrected chi connectivity index (χ1v) is 11.1. The quantitative estimate of drug-likeness (QED) is 0.391. The van der Waals surface area contributed by atoms with Gasteiger partial charge < -0.3 is 14.7 Å². The predicted molar refractivity (Wildman–Crippen MR) is 124 cm³/mol. The van der Waals surface area contributed by atoms with Gasteiger partial charge in [-0.25, -0.2) is 0 Å².